The Morgan fingerprint density at radius 1 is 1.40 bits per heavy atom. The molecule has 0 spiro atoms. The van der Waals surface area contributed by atoms with Crippen LogP contribution in [0.4, 0.5) is 5.82 Å². The van der Waals surface area contributed by atoms with E-state index in [-0.39, 0.29) is 4.90 Å². The highest BCUT2D eigenvalue weighted by Crippen LogP contribution is 2.16. The lowest BCUT2D eigenvalue weighted by atomic mass is 10.2. The third-order valence-electron chi connectivity index (χ3n) is 2.57. The molecule has 106 valence electrons. The van der Waals surface area contributed by atoms with Crippen molar-refractivity contribution in [2.24, 2.45) is 0 Å². The highest BCUT2D eigenvalue weighted by molar-refractivity contribution is 7.89. The van der Waals surface area contributed by atoms with Crippen LogP contribution in [0.3, 0.4) is 0 Å². The van der Waals surface area contributed by atoms with E-state index in [1.807, 2.05) is 0 Å². The molecule has 2 heterocycles. The zero-order chi connectivity index (χ0) is 14.8. The fourth-order valence-electron chi connectivity index (χ4n) is 1.51. The van der Waals surface area contributed by atoms with Gasteiger partial charge in [-0.15, -0.1) is 0 Å². The third kappa shape index (κ3) is 2.97. The van der Waals surface area contributed by atoms with Crippen LogP contribution in [0.5, 0.6) is 0 Å². The summed E-state index contributed by atoms with van der Waals surface area (Å²) in [6.45, 7) is 1.65. The number of rotatable bonds is 5. The summed E-state index contributed by atoms with van der Waals surface area (Å²) >= 11 is 0. The Hall–Kier alpha value is -2.33. The SMILES string of the molecule is CC(NS(=O)(=O)c1ccc([N+](=O)[O-])nc1)c1cn[nH]c1. The van der Waals surface area contributed by atoms with Gasteiger partial charge in [0.2, 0.25) is 10.0 Å². The van der Waals surface area contributed by atoms with Crippen LogP contribution in [-0.2, 0) is 10.0 Å². The second kappa shape index (κ2) is 5.35. The van der Waals surface area contributed by atoms with Crippen LogP contribution in [0.1, 0.15) is 18.5 Å². The van der Waals surface area contributed by atoms with E-state index in [4.69, 9.17) is 0 Å². The predicted octanol–water partition coefficient (Wildman–Crippen LogP) is 0.752. The summed E-state index contributed by atoms with van der Waals surface area (Å²) in [6, 6.07) is 1.68. The molecular weight excluding hydrogens is 286 g/mol. The van der Waals surface area contributed by atoms with E-state index in [2.05, 4.69) is 19.9 Å². The molecule has 0 saturated heterocycles. The Kier molecular flexibility index (Phi) is 3.77. The molecule has 0 amide bonds. The van der Waals surface area contributed by atoms with Crippen LogP contribution < -0.4 is 4.72 Å². The Balaban J connectivity index is 2.20. The minimum absolute atomic E-state index is 0.140. The molecule has 0 saturated carbocycles. The molecular formula is C10H11N5O4S. The van der Waals surface area contributed by atoms with Gasteiger partial charge in [-0.3, -0.25) is 5.10 Å². The highest BCUT2D eigenvalue weighted by Gasteiger charge is 2.21. The number of nitrogens with zero attached hydrogens (tertiary/aromatic N) is 3. The minimum Gasteiger partial charge on any atom is -0.358 e. The van der Waals surface area contributed by atoms with Crippen molar-refractivity contribution in [3.63, 3.8) is 0 Å². The summed E-state index contributed by atoms with van der Waals surface area (Å²) in [7, 11) is -3.80. The summed E-state index contributed by atoms with van der Waals surface area (Å²) in [4.78, 5) is 13.1. The van der Waals surface area contributed by atoms with Gasteiger partial charge in [0, 0.05) is 23.9 Å². The molecule has 0 aromatic carbocycles. The van der Waals surface area contributed by atoms with Gasteiger partial charge in [-0.05, 0) is 22.9 Å². The van der Waals surface area contributed by atoms with Gasteiger partial charge in [-0.1, -0.05) is 0 Å². The standard InChI is InChI=1S/C10H11N5O4S/c1-7(8-4-12-13-5-8)14-20(18,19)9-2-3-10(11-6-9)15(16)17/h2-7,14H,1H3,(H,12,13). The molecule has 2 N–H and O–H groups in total. The smallest absolute Gasteiger partial charge is 0.358 e. The summed E-state index contributed by atoms with van der Waals surface area (Å²) in [6.07, 6.45) is 4.02. The Labute approximate surface area is 114 Å². The van der Waals surface area contributed by atoms with Crippen LogP contribution in [0.25, 0.3) is 0 Å². The zero-order valence-corrected chi connectivity index (χ0v) is 11.2. The Morgan fingerprint density at radius 3 is 2.65 bits per heavy atom. The number of H-pyrrole nitrogens is 1. The molecule has 2 aromatic heterocycles. The Bertz CT molecular complexity index is 696. The van der Waals surface area contributed by atoms with E-state index in [0.29, 0.717) is 5.56 Å². The molecule has 0 aliphatic carbocycles. The summed E-state index contributed by atoms with van der Waals surface area (Å²) in [5.74, 6) is -0.410. The number of hydrogen-bond acceptors (Lipinski definition) is 6. The van der Waals surface area contributed by atoms with Crippen LogP contribution in [-0.4, -0.2) is 28.5 Å². The van der Waals surface area contributed by atoms with Crippen molar-refractivity contribution >= 4 is 15.8 Å². The first kappa shape index (κ1) is 14.1. The number of pyridine rings is 1. The maximum absolute atomic E-state index is 12.1. The first-order valence-electron chi connectivity index (χ1n) is 5.51. The molecule has 10 heteroatoms. The number of nitrogens with one attached hydrogen (secondary N) is 2. The topological polar surface area (TPSA) is 131 Å². The van der Waals surface area contributed by atoms with Crippen molar-refractivity contribution in [1.29, 1.82) is 0 Å². The molecule has 9 nitrogen and oxygen atoms in total. The monoisotopic (exact) mass is 297 g/mol. The fourth-order valence-corrected chi connectivity index (χ4v) is 2.68. The van der Waals surface area contributed by atoms with Gasteiger partial charge in [0.15, 0.2) is 6.20 Å². The van der Waals surface area contributed by atoms with E-state index in [1.165, 1.54) is 6.20 Å². The quantitative estimate of drug-likeness (QED) is 0.618. The van der Waals surface area contributed by atoms with Crippen LogP contribution in [0.2, 0.25) is 0 Å². The fraction of sp³-hybridized carbons (Fsp3) is 0.200. The molecule has 20 heavy (non-hydrogen) atoms. The second-order valence-corrected chi connectivity index (χ2v) is 5.70. The lowest BCUT2D eigenvalue weighted by Gasteiger charge is -2.11. The molecule has 0 bridgehead atoms. The number of nitro groups is 1. The average Bonchev–Trinajstić information content (AvgIpc) is 2.92. The van der Waals surface area contributed by atoms with Crippen LogP contribution in [0.15, 0.2) is 35.6 Å². The van der Waals surface area contributed by atoms with Crippen molar-refractivity contribution in [2.75, 3.05) is 0 Å². The summed E-state index contributed by atoms with van der Waals surface area (Å²) < 4.78 is 26.6. The van der Waals surface area contributed by atoms with Gasteiger partial charge in [0.25, 0.3) is 0 Å². The van der Waals surface area contributed by atoms with Gasteiger partial charge < -0.3 is 10.1 Å². The van der Waals surface area contributed by atoms with Crippen LogP contribution >= 0.6 is 0 Å². The van der Waals surface area contributed by atoms with Gasteiger partial charge in [0.05, 0.1) is 6.20 Å². The summed E-state index contributed by atoms with van der Waals surface area (Å²) in [5, 5.41) is 16.8. The number of aromatic amines is 1. The molecule has 2 rings (SSSR count). The minimum atomic E-state index is -3.80. The van der Waals surface area contributed by atoms with Gasteiger partial charge in [-0.2, -0.15) is 5.10 Å². The maximum atomic E-state index is 12.1. The van der Waals surface area contributed by atoms with Crippen molar-refractivity contribution in [3.8, 4) is 0 Å². The van der Waals surface area contributed by atoms with E-state index < -0.39 is 26.8 Å². The molecule has 2 aromatic rings. The van der Waals surface area contributed by atoms with Crippen molar-refractivity contribution in [1.82, 2.24) is 19.9 Å². The van der Waals surface area contributed by atoms with Crippen molar-refractivity contribution in [2.45, 2.75) is 17.9 Å². The number of sulfonamides is 1. The molecule has 0 fully saturated rings. The largest absolute Gasteiger partial charge is 0.363 e. The van der Waals surface area contributed by atoms with Crippen LogP contribution in [0, 0.1) is 10.1 Å². The first-order valence-corrected chi connectivity index (χ1v) is 7.00. The van der Waals surface area contributed by atoms with Crippen molar-refractivity contribution < 1.29 is 13.3 Å². The average molecular weight is 297 g/mol. The highest BCUT2D eigenvalue weighted by atomic mass is 32.2. The maximum Gasteiger partial charge on any atom is 0.363 e. The first-order chi connectivity index (χ1) is 9.40. The zero-order valence-electron chi connectivity index (χ0n) is 10.3. The predicted molar refractivity (Wildman–Crippen MR) is 68.2 cm³/mol. The third-order valence-corrected chi connectivity index (χ3v) is 4.10. The molecule has 0 aliphatic heterocycles. The molecule has 1 atom stereocenters. The normalized spacial score (nSPS) is 13.1. The molecule has 0 radical (unpaired) electrons. The van der Waals surface area contributed by atoms with Gasteiger partial charge in [0.1, 0.15) is 4.90 Å². The second-order valence-electron chi connectivity index (χ2n) is 3.98. The van der Waals surface area contributed by atoms with Gasteiger partial charge >= 0.3 is 5.82 Å². The number of hydrogen-bond donors (Lipinski definition) is 2. The summed E-state index contributed by atoms with van der Waals surface area (Å²) in [5.41, 5.74) is 0.670. The van der Waals surface area contributed by atoms with E-state index >= 15 is 0 Å². The van der Waals surface area contributed by atoms with E-state index in [1.54, 1.807) is 13.1 Å². The van der Waals surface area contributed by atoms with Crippen molar-refractivity contribution in [3.05, 3.63) is 46.4 Å². The van der Waals surface area contributed by atoms with Gasteiger partial charge in [-0.25, -0.2) is 13.1 Å². The lowest BCUT2D eigenvalue weighted by molar-refractivity contribution is -0.389. The number of aromatic nitrogens is 3. The van der Waals surface area contributed by atoms with E-state index in [0.717, 1.165) is 18.3 Å². The molecule has 1 unspecified atom stereocenters. The van der Waals surface area contributed by atoms with E-state index in [9.17, 15) is 18.5 Å². The Morgan fingerprint density at radius 2 is 2.15 bits per heavy atom. The lowest BCUT2D eigenvalue weighted by Crippen LogP contribution is -2.26. The molecule has 0 aliphatic rings.